The third kappa shape index (κ3) is 2.62. The van der Waals surface area contributed by atoms with E-state index in [-0.39, 0.29) is 0 Å². The van der Waals surface area contributed by atoms with Gasteiger partial charge in [-0.3, -0.25) is 4.79 Å². The number of aliphatic hydroxyl groups is 1. The van der Waals surface area contributed by atoms with Crippen molar-refractivity contribution in [2.75, 3.05) is 7.11 Å². The van der Waals surface area contributed by atoms with E-state index in [1.807, 2.05) is 12.1 Å². The molecule has 2 atom stereocenters. The van der Waals surface area contributed by atoms with Gasteiger partial charge in [0.1, 0.15) is 0 Å². The Morgan fingerprint density at radius 2 is 2.19 bits per heavy atom. The molecule has 16 heavy (non-hydrogen) atoms. The fourth-order valence-corrected chi connectivity index (χ4v) is 1.86. The van der Waals surface area contributed by atoms with Crippen LogP contribution in [0.1, 0.15) is 19.4 Å². The maximum atomic E-state index is 11.4. The van der Waals surface area contributed by atoms with E-state index in [0.29, 0.717) is 5.56 Å². The molecular formula is C12H15BrO3. The summed E-state index contributed by atoms with van der Waals surface area (Å²) in [4.78, 5) is 11.4. The Morgan fingerprint density at radius 3 is 2.69 bits per heavy atom. The van der Waals surface area contributed by atoms with E-state index in [1.54, 1.807) is 26.0 Å². The molecule has 0 saturated heterocycles. The highest BCUT2D eigenvalue weighted by Gasteiger charge is 2.36. The van der Waals surface area contributed by atoms with Crippen LogP contribution in [0.5, 0.6) is 0 Å². The highest BCUT2D eigenvalue weighted by Crippen LogP contribution is 2.31. The van der Waals surface area contributed by atoms with Crippen molar-refractivity contribution >= 4 is 21.9 Å². The molecule has 1 N–H and O–H groups in total. The molecule has 0 aliphatic heterocycles. The van der Waals surface area contributed by atoms with E-state index >= 15 is 0 Å². The summed E-state index contributed by atoms with van der Waals surface area (Å²) < 4.78 is 5.50. The maximum absolute atomic E-state index is 11.4. The lowest BCUT2D eigenvalue weighted by Gasteiger charge is -2.29. The van der Waals surface area contributed by atoms with Gasteiger partial charge in [0.25, 0.3) is 0 Å². The summed E-state index contributed by atoms with van der Waals surface area (Å²) in [6.07, 6.45) is 0. The number of methoxy groups -OCH3 is 1. The molecule has 1 aromatic carbocycles. The lowest BCUT2D eigenvalue weighted by molar-refractivity contribution is -0.154. The largest absolute Gasteiger partial charge is 0.469 e. The number of halogens is 1. The SMILES string of the molecule is COC(=O)C(C)C(C)(O)c1cccc(Br)c1. The standard InChI is InChI=1S/C12H15BrO3/c1-8(11(14)16-3)12(2,15)9-5-4-6-10(13)7-9/h4-8,15H,1-3H3. The second-order valence-electron chi connectivity index (χ2n) is 3.90. The molecular weight excluding hydrogens is 272 g/mol. The lowest BCUT2D eigenvalue weighted by atomic mass is 9.84. The van der Waals surface area contributed by atoms with Crippen LogP contribution in [0.15, 0.2) is 28.7 Å². The average molecular weight is 287 g/mol. The summed E-state index contributed by atoms with van der Waals surface area (Å²) in [5.74, 6) is -1.04. The van der Waals surface area contributed by atoms with E-state index in [0.717, 1.165) is 4.47 Å². The van der Waals surface area contributed by atoms with E-state index in [4.69, 9.17) is 0 Å². The van der Waals surface area contributed by atoms with Crippen molar-refractivity contribution < 1.29 is 14.6 Å². The van der Waals surface area contributed by atoms with E-state index < -0.39 is 17.5 Å². The first-order valence-corrected chi connectivity index (χ1v) is 5.75. The van der Waals surface area contributed by atoms with Crippen molar-refractivity contribution in [2.24, 2.45) is 5.92 Å². The van der Waals surface area contributed by atoms with Gasteiger partial charge in [-0.1, -0.05) is 28.1 Å². The maximum Gasteiger partial charge on any atom is 0.311 e. The number of esters is 1. The first kappa shape index (κ1) is 13.2. The van der Waals surface area contributed by atoms with Crippen molar-refractivity contribution in [3.8, 4) is 0 Å². The molecule has 0 heterocycles. The van der Waals surface area contributed by atoms with Crippen molar-refractivity contribution in [3.63, 3.8) is 0 Å². The van der Waals surface area contributed by atoms with E-state index in [9.17, 15) is 9.90 Å². The normalized spacial score (nSPS) is 16.3. The molecule has 0 aromatic heterocycles. The molecule has 0 amide bonds. The lowest BCUT2D eigenvalue weighted by Crippen LogP contribution is -2.35. The Labute approximate surface area is 104 Å². The Bertz CT molecular complexity index is 388. The predicted molar refractivity (Wildman–Crippen MR) is 64.9 cm³/mol. The van der Waals surface area contributed by atoms with Crippen LogP contribution in [0.3, 0.4) is 0 Å². The van der Waals surface area contributed by atoms with Gasteiger partial charge in [0.05, 0.1) is 18.6 Å². The fraction of sp³-hybridized carbons (Fsp3) is 0.417. The molecule has 1 rings (SSSR count). The molecule has 0 aliphatic rings. The van der Waals surface area contributed by atoms with Gasteiger partial charge < -0.3 is 9.84 Å². The van der Waals surface area contributed by atoms with Crippen LogP contribution in [-0.2, 0) is 15.1 Å². The molecule has 0 fully saturated rings. The highest BCUT2D eigenvalue weighted by atomic mass is 79.9. The van der Waals surface area contributed by atoms with Gasteiger partial charge in [0.2, 0.25) is 0 Å². The molecule has 88 valence electrons. The van der Waals surface area contributed by atoms with Crippen LogP contribution in [-0.4, -0.2) is 18.2 Å². The molecule has 0 saturated carbocycles. The minimum absolute atomic E-state index is 0.426. The molecule has 3 nitrogen and oxygen atoms in total. The summed E-state index contributed by atoms with van der Waals surface area (Å²) in [7, 11) is 1.32. The first-order chi connectivity index (χ1) is 7.39. The van der Waals surface area contributed by atoms with E-state index in [2.05, 4.69) is 20.7 Å². The number of carbonyl (C=O) groups excluding carboxylic acids is 1. The Balaban J connectivity index is 3.05. The smallest absolute Gasteiger partial charge is 0.311 e. The zero-order valence-electron chi connectivity index (χ0n) is 9.53. The second-order valence-corrected chi connectivity index (χ2v) is 4.82. The number of hydrogen-bond acceptors (Lipinski definition) is 3. The van der Waals surface area contributed by atoms with Crippen LogP contribution in [0.25, 0.3) is 0 Å². The van der Waals surface area contributed by atoms with Crippen LogP contribution in [0.2, 0.25) is 0 Å². The molecule has 0 radical (unpaired) electrons. The molecule has 0 aliphatic carbocycles. The Morgan fingerprint density at radius 1 is 1.56 bits per heavy atom. The van der Waals surface area contributed by atoms with Crippen LogP contribution < -0.4 is 0 Å². The van der Waals surface area contributed by atoms with Gasteiger partial charge in [-0.25, -0.2) is 0 Å². The van der Waals surface area contributed by atoms with Crippen molar-refractivity contribution in [1.82, 2.24) is 0 Å². The topological polar surface area (TPSA) is 46.5 Å². The quantitative estimate of drug-likeness (QED) is 0.869. The van der Waals surface area contributed by atoms with Gasteiger partial charge in [-0.05, 0) is 31.5 Å². The number of ether oxygens (including phenoxy) is 1. The average Bonchev–Trinajstić information content (AvgIpc) is 2.27. The molecule has 2 unspecified atom stereocenters. The van der Waals surface area contributed by atoms with Crippen LogP contribution in [0, 0.1) is 5.92 Å². The number of benzene rings is 1. The van der Waals surface area contributed by atoms with Crippen LogP contribution >= 0.6 is 15.9 Å². The third-order valence-corrected chi connectivity index (χ3v) is 3.30. The van der Waals surface area contributed by atoms with Crippen molar-refractivity contribution in [1.29, 1.82) is 0 Å². The Kier molecular flexibility index (Phi) is 4.10. The number of rotatable bonds is 3. The minimum atomic E-state index is -1.24. The van der Waals surface area contributed by atoms with Crippen molar-refractivity contribution in [3.05, 3.63) is 34.3 Å². The predicted octanol–water partition coefficient (Wildman–Crippen LogP) is 2.47. The Hall–Kier alpha value is -0.870. The van der Waals surface area contributed by atoms with Gasteiger partial charge >= 0.3 is 5.97 Å². The van der Waals surface area contributed by atoms with Gasteiger partial charge in [0.15, 0.2) is 0 Å². The fourth-order valence-electron chi connectivity index (χ4n) is 1.46. The molecule has 0 spiro atoms. The highest BCUT2D eigenvalue weighted by molar-refractivity contribution is 9.10. The molecule has 1 aromatic rings. The summed E-state index contributed by atoms with van der Waals surface area (Å²) in [6.45, 7) is 3.25. The number of hydrogen-bond donors (Lipinski definition) is 1. The van der Waals surface area contributed by atoms with E-state index in [1.165, 1.54) is 7.11 Å². The zero-order valence-corrected chi connectivity index (χ0v) is 11.1. The van der Waals surface area contributed by atoms with Gasteiger partial charge in [-0.15, -0.1) is 0 Å². The third-order valence-electron chi connectivity index (χ3n) is 2.81. The molecule has 0 bridgehead atoms. The van der Waals surface area contributed by atoms with Crippen LogP contribution in [0.4, 0.5) is 0 Å². The monoisotopic (exact) mass is 286 g/mol. The zero-order chi connectivity index (χ0) is 12.3. The summed E-state index contributed by atoms with van der Waals surface area (Å²) in [6, 6.07) is 7.25. The summed E-state index contributed by atoms with van der Waals surface area (Å²) in [5.41, 5.74) is -0.559. The minimum Gasteiger partial charge on any atom is -0.469 e. The summed E-state index contributed by atoms with van der Waals surface area (Å²) >= 11 is 3.33. The second kappa shape index (κ2) is 4.97. The van der Waals surface area contributed by atoms with Gasteiger partial charge in [0, 0.05) is 4.47 Å². The summed E-state index contributed by atoms with van der Waals surface area (Å²) in [5, 5.41) is 10.4. The van der Waals surface area contributed by atoms with Crippen molar-refractivity contribution in [2.45, 2.75) is 19.4 Å². The first-order valence-electron chi connectivity index (χ1n) is 4.96. The van der Waals surface area contributed by atoms with Gasteiger partial charge in [-0.2, -0.15) is 0 Å². The molecule has 4 heteroatoms. The number of carbonyl (C=O) groups is 1.